The van der Waals surface area contributed by atoms with Crippen LogP contribution in [0.15, 0.2) is 133 Å². The van der Waals surface area contributed by atoms with Crippen LogP contribution in [0, 0.1) is 55.4 Å². The van der Waals surface area contributed by atoms with Gasteiger partial charge in [-0.3, -0.25) is 0 Å². The summed E-state index contributed by atoms with van der Waals surface area (Å²) in [6, 6.07) is 49.1. The van der Waals surface area contributed by atoms with Gasteiger partial charge >= 0.3 is 0 Å². The Labute approximate surface area is 372 Å². The average Bonchev–Trinajstić information content (AvgIpc) is 3.76. The lowest BCUT2D eigenvalue weighted by Gasteiger charge is -2.18. The van der Waals surface area contributed by atoms with Crippen molar-refractivity contribution in [3.8, 4) is 56.4 Å². The van der Waals surface area contributed by atoms with Crippen LogP contribution in [0.4, 0.5) is 0 Å². The minimum Gasteiger partial charge on any atom is -0.309 e. The molecular formula is C56H46N8. The summed E-state index contributed by atoms with van der Waals surface area (Å²) in [4.78, 5) is 28.6. The zero-order valence-electron chi connectivity index (χ0n) is 37.3. The Hall–Kier alpha value is -7.84. The van der Waals surface area contributed by atoms with E-state index in [0.717, 1.165) is 66.8 Å². The molecule has 0 bridgehead atoms. The smallest absolute Gasteiger partial charge is 0.165 e. The molecule has 0 fully saturated rings. The Kier molecular flexibility index (Phi) is 9.10. The molecule has 0 aliphatic rings. The standard InChI is InChI=1S/C56H46N8/c1-31-12-18-50-44(24-31)45-25-32(2)13-19-51(45)63(50)49-23-17-42(55-59-35(5)57-36(6)60-55)30-43(49)41-11-9-10-39(28-41)40-16-22-54(48(29-40)56-61-37(7)58-38(8)62-56)64-52-20-14-33(3)26-46(52)47-27-34(4)15-21-53(47)64/h9-30H,1-8H3. The molecule has 11 rings (SSSR count). The molecule has 0 radical (unpaired) electrons. The Morgan fingerprint density at radius 1 is 0.297 bits per heavy atom. The molecule has 11 aromatic rings. The Morgan fingerprint density at radius 2 is 0.672 bits per heavy atom. The lowest BCUT2D eigenvalue weighted by Crippen LogP contribution is -2.03. The van der Waals surface area contributed by atoms with E-state index in [1.807, 2.05) is 27.7 Å². The SMILES string of the molecule is Cc1ccc2c(c1)c1cc(C)ccc1n2-c1ccc(-c2nc(C)nc(C)n2)cc1-c1cccc(-c2ccc(-n3c4ccc(C)cc4c4cc(C)ccc43)c(-c3nc(C)nc(C)n3)c2)c1. The van der Waals surface area contributed by atoms with Crippen molar-refractivity contribution < 1.29 is 0 Å². The van der Waals surface area contributed by atoms with Crippen molar-refractivity contribution in [1.29, 1.82) is 0 Å². The van der Waals surface area contributed by atoms with E-state index in [1.54, 1.807) is 0 Å². The summed E-state index contributed by atoms with van der Waals surface area (Å²) in [5, 5.41) is 4.91. The zero-order valence-corrected chi connectivity index (χ0v) is 37.3. The van der Waals surface area contributed by atoms with Crippen LogP contribution in [0.3, 0.4) is 0 Å². The van der Waals surface area contributed by atoms with E-state index < -0.39 is 0 Å². The summed E-state index contributed by atoms with van der Waals surface area (Å²) < 4.78 is 4.77. The Bertz CT molecular complexity index is 3560. The average molecular weight is 831 g/mol. The van der Waals surface area contributed by atoms with Crippen molar-refractivity contribution in [2.24, 2.45) is 0 Å². The molecular weight excluding hydrogens is 785 g/mol. The maximum atomic E-state index is 4.96. The fraction of sp³-hybridized carbons (Fsp3) is 0.143. The van der Waals surface area contributed by atoms with E-state index >= 15 is 0 Å². The van der Waals surface area contributed by atoms with E-state index in [4.69, 9.17) is 19.9 Å². The fourth-order valence-corrected chi connectivity index (χ4v) is 9.56. The summed E-state index contributed by atoms with van der Waals surface area (Å²) >= 11 is 0. The number of benzene rings is 7. The first-order valence-corrected chi connectivity index (χ1v) is 21.8. The van der Waals surface area contributed by atoms with Crippen molar-refractivity contribution in [2.45, 2.75) is 55.4 Å². The van der Waals surface area contributed by atoms with Crippen LogP contribution >= 0.6 is 0 Å². The predicted octanol–water partition coefficient (Wildman–Crippen LogP) is 13.4. The number of hydrogen-bond acceptors (Lipinski definition) is 6. The second-order valence-electron chi connectivity index (χ2n) is 17.3. The largest absolute Gasteiger partial charge is 0.309 e. The summed E-state index contributed by atoms with van der Waals surface area (Å²) in [5.74, 6) is 4.04. The molecule has 7 aromatic carbocycles. The first-order valence-electron chi connectivity index (χ1n) is 21.8. The van der Waals surface area contributed by atoms with Gasteiger partial charge in [-0.2, -0.15) is 0 Å². The predicted molar refractivity (Wildman–Crippen MR) is 262 cm³/mol. The van der Waals surface area contributed by atoms with Gasteiger partial charge in [0.2, 0.25) is 0 Å². The molecule has 310 valence electrons. The molecule has 4 aromatic heterocycles. The third kappa shape index (κ3) is 6.61. The Morgan fingerprint density at radius 3 is 1.14 bits per heavy atom. The van der Waals surface area contributed by atoms with Crippen molar-refractivity contribution >= 4 is 43.6 Å². The van der Waals surface area contributed by atoms with Crippen molar-refractivity contribution in [2.75, 3.05) is 0 Å². The molecule has 0 unspecified atom stereocenters. The van der Waals surface area contributed by atoms with Crippen LogP contribution in [0.1, 0.15) is 45.6 Å². The van der Waals surface area contributed by atoms with Gasteiger partial charge in [0, 0.05) is 38.2 Å². The van der Waals surface area contributed by atoms with E-state index in [2.05, 4.69) is 180 Å². The summed E-state index contributed by atoms with van der Waals surface area (Å²) in [6.07, 6.45) is 0. The van der Waals surface area contributed by atoms with E-state index in [0.29, 0.717) is 34.9 Å². The quantitative estimate of drug-likeness (QED) is 0.166. The monoisotopic (exact) mass is 830 g/mol. The van der Waals surface area contributed by atoms with E-state index in [1.165, 1.54) is 43.8 Å². The highest BCUT2D eigenvalue weighted by Gasteiger charge is 2.21. The van der Waals surface area contributed by atoms with Crippen molar-refractivity contribution in [1.82, 2.24) is 39.0 Å². The highest BCUT2D eigenvalue weighted by atomic mass is 15.0. The molecule has 0 aliphatic carbocycles. The first-order chi connectivity index (χ1) is 30.9. The molecule has 0 spiro atoms. The third-order valence-electron chi connectivity index (χ3n) is 12.4. The van der Waals surface area contributed by atoms with Gasteiger partial charge in [-0.15, -0.1) is 0 Å². The molecule has 8 nitrogen and oxygen atoms in total. The molecule has 0 atom stereocenters. The minimum atomic E-state index is 0.641. The van der Waals surface area contributed by atoms with Gasteiger partial charge in [-0.05, 0) is 157 Å². The lowest BCUT2D eigenvalue weighted by atomic mass is 9.95. The maximum Gasteiger partial charge on any atom is 0.165 e. The molecule has 0 N–H and O–H groups in total. The van der Waals surface area contributed by atoms with Gasteiger partial charge in [0.15, 0.2) is 11.6 Å². The zero-order chi connectivity index (χ0) is 44.0. The van der Waals surface area contributed by atoms with Crippen LogP contribution in [0.2, 0.25) is 0 Å². The number of fused-ring (bicyclic) bond motifs is 6. The van der Waals surface area contributed by atoms with Gasteiger partial charge in [0.25, 0.3) is 0 Å². The van der Waals surface area contributed by atoms with E-state index in [9.17, 15) is 0 Å². The molecule has 0 saturated carbocycles. The molecule has 4 heterocycles. The van der Waals surface area contributed by atoms with Gasteiger partial charge in [-0.1, -0.05) is 70.8 Å². The van der Waals surface area contributed by atoms with Crippen LogP contribution in [0.25, 0.3) is 100 Å². The molecule has 0 aliphatic heterocycles. The van der Waals surface area contributed by atoms with Crippen LogP contribution < -0.4 is 0 Å². The number of hydrogen-bond donors (Lipinski definition) is 0. The number of aromatic nitrogens is 8. The van der Waals surface area contributed by atoms with Gasteiger partial charge in [-0.25, -0.2) is 29.9 Å². The summed E-state index contributed by atoms with van der Waals surface area (Å²) in [6.45, 7) is 16.3. The van der Waals surface area contributed by atoms with Crippen LogP contribution in [0.5, 0.6) is 0 Å². The number of aryl methyl sites for hydroxylation is 8. The topological polar surface area (TPSA) is 87.2 Å². The van der Waals surface area contributed by atoms with Gasteiger partial charge < -0.3 is 9.13 Å². The first kappa shape index (κ1) is 39.0. The number of nitrogens with zero attached hydrogens (tertiary/aromatic N) is 8. The summed E-state index contributed by atoms with van der Waals surface area (Å²) in [7, 11) is 0. The van der Waals surface area contributed by atoms with E-state index in [-0.39, 0.29) is 0 Å². The second kappa shape index (κ2) is 14.9. The molecule has 0 amide bonds. The van der Waals surface area contributed by atoms with Gasteiger partial charge in [0.1, 0.15) is 23.3 Å². The van der Waals surface area contributed by atoms with Gasteiger partial charge in [0.05, 0.1) is 33.4 Å². The third-order valence-corrected chi connectivity index (χ3v) is 12.4. The highest BCUT2D eigenvalue weighted by molar-refractivity contribution is 6.11. The van der Waals surface area contributed by atoms with Crippen molar-refractivity contribution in [3.63, 3.8) is 0 Å². The summed E-state index contributed by atoms with van der Waals surface area (Å²) in [5.41, 5.74) is 17.7. The maximum absolute atomic E-state index is 4.96. The molecule has 8 heteroatoms. The minimum absolute atomic E-state index is 0.641. The van der Waals surface area contributed by atoms with Crippen LogP contribution in [-0.2, 0) is 0 Å². The molecule has 64 heavy (non-hydrogen) atoms. The highest BCUT2D eigenvalue weighted by Crippen LogP contribution is 2.42. The molecule has 0 saturated heterocycles. The second-order valence-corrected chi connectivity index (χ2v) is 17.3. The van der Waals surface area contributed by atoms with Crippen molar-refractivity contribution in [3.05, 3.63) is 179 Å². The van der Waals surface area contributed by atoms with Crippen LogP contribution in [-0.4, -0.2) is 39.0 Å². The fourth-order valence-electron chi connectivity index (χ4n) is 9.56. The normalized spacial score (nSPS) is 11.8. The Balaban J connectivity index is 1.14. The number of rotatable bonds is 6. The lowest BCUT2D eigenvalue weighted by molar-refractivity contribution is 0.926.